The van der Waals surface area contributed by atoms with Crippen molar-refractivity contribution in [3.05, 3.63) is 57.0 Å². The van der Waals surface area contributed by atoms with Gasteiger partial charge in [0.05, 0.1) is 7.11 Å². The van der Waals surface area contributed by atoms with E-state index < -0.39 is 0 Å². The Morgan fingerprint density at radius 1 is 1.21 bits per heavy atom. The molecule has 1 N–H and O–H groups in total. The lowest BCUT2D eigenvalue weighted by molar-refractivity contribution is 0.414. The molecule has 0 bridgehead atoms. The van der Waals surface area contributed by atoms with Crippen LogP contribution in [0.3, 0.4) is 0 Å². The molecule has 0 unspecified atom stereocenters. The number of hydrogen-bond acceptors (Lipinski definition) is 2. The highest BCUT2D eigenvalue weighted by Gasteiger charge is 2.03. The molecule has 0 fully saturated rings. The number of benzene rings is 2. The maximum absolute atomic E-state index is 6.21. The molecular formula is C15H15BrClNO. The third-order valence-corrected chi connectivity index (χ3v) is 3.61. The van der Waals surface area contributed by atoms with Crippen LogP contribution in [0, 0.1) is 6.92 Å². The summed E-state index contributed by atoms with van der Waals surface area (Å²) in [6, 6.07) is 12.0. The molecule has 2 aromatic rings. The Morgan fingerprint density at radius 2 is 2.00 bits per heavy atom. The van der Waals surface area contributed by atoms with Crippen molar-refractivity contribution in [2.75, 3.05) is 12.4 Å². The van der Waals surface area contributed by atoms with Crippen LogP contribution in [0.4, 0.5) is 5.69 Å². The smallest absolute Gasteiger partial charge is 0.122 e. The van der Waals surface area contributed by atoms with Crippen molar-refractivity contribution in [2.45, 2.75) is 13.5 Å². The van der Waals surface area contributed by atoms with Gasteiger partial charge in [0.1, 0.15) is 5.75 Å². The number of hydrogen-bond donors (Lipinski definition) is 1. The van der Waals surface area contributed by atoms with Crippen molar-refractivity contribution in [3.8, 4) is 5.75 Å². The molecular weight excluding hydrogens is 326 g/mol. The minimum absolute atomic E-state index is 0.679. The van der Waals surface area contributed by atoms with Crippen LogP contribution in [0.25, 0.3) is 0 Å². The van der Waals surface area contributed by atoms with Crippen LogP contribution in [0.5, 0.6) is 5.75 Å². The third-order valence-electron chi connectivity index (χ3n) is 2.80. The van der Waals surface area contributed by atoms with Crippen molar-refractivity contribution >= 4 is 33.2 Å². The van der Waals surface area contributed by atoms with Crippen LogP contribution in [0.15, 0.2) is 40.9 Å². The van der Waals surface area contributed by atoms with Crippen molar-refractivity contribution in [3.63, 3.8) is 0 Å². The quantitative estimate of drug-likeness (QED) is 0.842. The molecule has 0 aliphatic rings. The molecule has 4 heteroatoms. The first-order valence-corrected chi connectivity index (χ1v) is 7.09. The monoisotopic (exact) mass is 339 g/mol. The number of aryl methyl sites for hydroxylation is 1. The summed E-state index contributed by atoms with van der Waals surface area (Å²) in [6.07, 6.45) is 0. The zero-order valence-electron chi connectivity index (χ0n) is 10.8. The Morgan fingerprint density at radius 3 is 2.68 bits per heavy atom. The first kappa shape index (κ1) is 14.2. The van der Waals surface area contributed by atoms with Crippen molar-refractivity contribution < 1.29 is 4.74 Å². The molecule has 0 aliphatic carbocycles. The fraction of sp³-hybridized carbons (Fsp3) is 0.200. The van der Waals surface area contributed by atoms with Crippen molar-refractivity contribution in [1.29, 1.82) is 0 Å². The standard InChI is InChI=1S/C15H15BrClNO/c1-10-3-4-11(15(17)5-10)9-18-13-6-12(16)7-14(8-13)19-2/h3-8,18H,9H2,1-2H3. The lowest BCUT2D eigenvalue weighted by atomic mass is 10.1. The van der Waals surface area contributed by atoms with E-state index in [0.29, 0.717) is 6.54 Å². The number of ether oxygens (including phenoxy) is 1. The summed E-state index contributed by atoms with van der Waals surface area (Å²) < 4.78 is 6.21. The largest absolute Gasteiger partial charge is 0.497 e. The topological polar surface area (TPSA) is 21.3 Å². The van der Waals surface area contributed by atoms with Gasteiger partial charge in [0.15, 0.2) is 0 Å². The van der Waals surface area contributed by atoms with Gasteiger partial charge < -0.3 is 10.1 Å². The molecule has 0 radical (unpaired) electrons. The predicted octanol–water partition coefficient (Wildman–Crippen LogP) is 5.03. The van der Waals surface area contributed by atoms with E-state index in [1.165, 1.54) is 0 Å². The SMILES string of the molecule is COc1cc(Br)cc(NCc2ccc(C)cc2Cl)c1. The van der Waals surface area contributed by atoms with E-state index in [1.54, 1.807) is 7.11 Å². The van der Waals surface area contributed by atoms with E-state index in [4.69, 9.17) is 16.3 Å². The third kappa shape index (κ3) is 3.88. The molecule has 0 amide bonds. The molecule has 100 valence electrons. The van der Waals surface area contributed by atoms with Crippen LogP contribution in [0.1, 0.15) is 11.1 Å². The lowest BCUT2D eigenvalue weighted by Crippen LogP contribution is -2.00. The van der Waals surface area contributed by atoms with Crippen LogP contribution in [-0.4, -0.2) is 7.11 Å². The summed E-state index contributed by atoms with van der Waals surface area (Å²) in [5.41, 5.74) is 3.23. The zero-order chi connectivity index (χ0) is 13.8. The average Bonchev–Trinajstić information content (AvgIpc) is 2.37. The van der Waals surface area contributed by atoms with Gasteiger partial charge in [0.25, 0.3) is 0 Å². The van der Waals surface area contributed by atoms with E-state index in [-0.39, 0.29) is 0 Å². The molecule has 2 nitrogen and oxygen atoms in total. The van der Waals surface area contributed by atoms with Gasteiger partial charge in [0.2, 0.25) is 0 Å². The summed E-state index contributed by atoms with van der Waals surface area (Å²) in [4.78, 5) is 0. The Bertz CT molecular complexity index is 586. The van der Waals surface area contributed by atoms with E-state index in [1.807, 2.05) is 37.3 Å². The summed E-state index contributed by atoms with van der Waals surface area (Å²) in [6.45, 7) is 2.71. The van der Waals surface area contributed by atoms with E-state index >= 15 is 0 Å². The van der Waals surface area contributed by atoms with Crippen molar-refractivity contribution in [2.24, 2.45) is 0 Å². The van der Waals surface area contributed by atoms with Crippen LogP contribution < -0.4 is 10.1 Å². The van der Waals surface area contributed by atoms with Crippen molar-refractivity contribution in [1.82, 2.24) is 0 Å². The van der Waals surface area contributed by atoms with Gasteiger partial charge in [-0.05, 0) is 36.2 Å². The van der Waals surface area contributed by atoms with E-state index in [0.717, 1.165) is 32.1 Å². The molecule has 0 atom stereocenters. The van der Waals surface area contributed by atoms with Gasteiger partial charge in [-0.1, -0.05) is 39.7 Å². The molecule has 0 spiro atoms. The normalized spacial score (nSPS) is 10.3. The van der Waals surface area contributed by atoms with Gasteiger partial charge in [0, 0.05) is 27.8 Å². The molecule has 0 aromatic heterocycles. The Kier molecular flexibility index (Phi) is 4.72. The fourth-order valence-electron chi connectivity index (χ4n) is 1.78. The highest BCUT2D eigenvalue weighted by atomic mass is 79.9. The Hall–Kier alpha value is -1.19. The van der Waals surface area contributed by atoms with Gasteiger partial charge >= 0.3 is 0 Å². The predicted molar refractivity (Wildman–Crippen MR) is 84.2 cm³/mol. The first-order valence-electron chi connectivity index (χ1n) is 5.92. The highest BCUT2D eigenvalue weighted by molar-refractivity contribution is 9.10. The maximum Gasteiger partial charge on any atom is 0.122 e. The number of rotatable bonds is 4. The van der Waals surface area contributed by atoms with Gasteiger partial charge in [-0.3, -0.25) is 0 Å². The molecule has 2 rings (SSSR count). The van der Waals surface area contributed by atoms with Gasteiger partial charge in [-0.2, -0.15) is 0 Å². The Balaban J connectivity index is 2.12. The second-order valence-electron chi connectivity index (χ2n) is 4.33. The van der Waals surface area contributed by atoms with Crippen LogP contribution in [0.2, 0.25) is 5.02 Å². The van der Waals surface area contributed by atoms with E-state index in [2.05, 4.69) is 27.3 Å². The summed E-state index contributed by atoms with van der Waals surface area (Å²) in [5, 5.41) is 4.13. The van der Waals surface area contributed by atoms with Gasteiger partial charge in [-0.25, -0.2) is 0 Å². The number of nitrogens with one attached hydrogen (secondary N) is 1. The molecule has 2 aromatic carbocycles. The van der Waals surface area contributed by atoms with Crippen LogP contribution >= 0.6 is 27.5 Å². The number of methoxy groups -OCH3 is 1. The molecule has 0 aliphatic heterocycles. The average molecular weight is 341 g/mol. The molecule has 0 heterocycles. The van der Waals surface area contributed by atoms with Crippen LogP contribution in [-0.2, 0) is 6.54 Å². The number of halogens is 2. The number of anilines is 1. The molecule has 0 saturated heterocycles. The van der Waals surface area contributed by atoms with E-state index in [9.17, 15) is 0 Å². The van der Waals surface area contributed by atoms with Gasteiger partial charge in [-0.15, -0.1) is 0 Å². The molecule has 19 heavy (non-hydrogen) atoms. The minimum Gasteiger partial charge on any atom is -0.497 e. The maximum atomic E-state index is 6.21. The lowest BCUT2D eigenvalue weighted by Gasteiger charge is -2.10. The summed E-state index contributed by atoms with van der Waals surface area (Å²) in [5.74, 6) is 0.812. The Labute approximate surface area is 126 Å². The first-order chi connectivity index (χ1) is 9.08. The fourth-order valence-corrected chi connectivity index (χ4v) is 2.55. The zero-order valence-corrected chi connectivity index (χ0v) is 13.2. The highest BCUT2D eigenvalue weighted by Crippen LogP contribution is 2.25. The minimum atomic E-state index is 0.679. The summed E-state index contributed by atoms with van der Waals surface area (Å²) in [7, 11) is 1.66. The second kappa shape index (κ2) is 6.31. The molecule has 0 saturated carbocycles. The summed E-state index contributed by atoms with van der Waals surface area (Å²) >= 11 is 9.67. The second-order valence-corrected chi connectivity index (χ2v) is 5.65.